The maximum absolute atomic E-state index is 13.6. The average Bonchev–Trinajstić information content (AvgIpc) is 3.45. The number of nitrogens with zero attached hydrogens (tertiary/aromatic N) is 2. The molecule has 1 aliphatic carbocycles. The Morgan fingerprint density at radius 3 is 2.40 bits per heavy atom. The number of amides is 4. The van der Waals surface area contributed by atoms with Gasteiger partial charge in [0.2, 0.25) is 5.91 Å². The summed E-state index contributed by atoms with van der Waals surface area (Å²) in [7, 11) is 1.26. The van der Waals surface area contributed by atoms with Gasteiger partial charge in [0.05, 0.1) is 31.4 Å². The van der Waals surface area contributed by atoms with Crippen molar-refractivity contribution < 1.29 is 29.0 Å². The van der Waals surface area contributed by atoms with E-state index in [4.69, 9.17) is 4.74 Å². The molecular formula is C32H42N4O6. The molecular weight excluding hydrogens is 536 g/mol. The molecule has 2 aromatic rings. The molecule has 1 heterocycles. The second kappa shape index (κ2) is 14.8. The summed E-state index contributed by atoms with van der Waals surface area (Å²) in [6, 6.07) is 13.2. The molecule has 0 bridgehead atoms. The van der Waals surface area contributed by atoms with E-state index < -0.39 is 24.0 Å². The summed E-state index contributed by atoms with van der Waals surface area (Å²) in [4.78, 5) is 54.7. The number of carbonyl (C=O) groups excluding carboxylic acids is 4. The van der Waals surface area contributed by atoms with Gasteiger partial charge in [0.15, 0.2) is 0 Å². The van der Waals surface area contributed by atoms with Gasteiger partial charge >= 0.3 is 12.0 Å². The molecule has 1 aliphatic heterocycles. The number of hydrogen-bond acceptors (Lipinski definition) is 6. The van der Waals surface area contributed by atoms with Gasteiger partial charge in [0, 0.05) is 36.8 Å². The van der Waals surface area contributed by atoms with E-state index in [2.05, 4.69) is 10.6 Å². The van der Waals surface area contributed by atoms with E-state index in [1.807, 2.05) is 37.3 Å². The van der Waals surface area contributed by atoms with Gasteiger partial charge in [-0.3, -0.25) is 9.59 Å². The highest BCUT2D eigenvalue weighted by atomic mass is 16.5. The Bertz CT molecular complexity index is 1250. The van der Waals surface area contributed by atoms with Crippen molar-refractivity contribution in [3.63, 3.8) is 0 Å². The van der Waals surface area contributed by atoms with Crippen LogP contribution in [0.3, 0.4) is 0 Å². The van der Waals surface area contributed by atoms with Crippen molar-refractivity contribution in [2.45, 2.75) is 76.5 Å². The number of carbonyl (C=O) groups is 4. The lowest BCUT2D eigenvalue weighted by Crippen LogP contribution is -2.53. The van der Waals surface area contributed by atoms with E-state index in [1.165, 1.54) is 19.6 Å². The number of hydrogen-bond donors (Lipinski definition) is 3. The van der Waals surface area contributed by atoms with Crippen molar-refractivity contribution in [3.8, 4) is 0 Å². The minimum absolute atomic E-state index is 0.0303. The zero-order chi connectivity index (χ0) is 30.1. The number of rotatable bonds is 11. The van der Waals surface area contributed by atoms with E-state index in [-0.39, 0.29) is 35.7 Å². The number of likely N-dealkylation sites (N-methyl/N-ethyl adjacent to an activating group) is 1. The quantitative estimate of drug-likeness (QED) is 0.349. The summed E-state index contributed by atoms with van der Waals surface area (Å²) in [5.41, 5.74) is 1.67. The van der Waals surface area contributed by atoms with Gasteiger partial charge in [-0.1, -0.05) is 49.6 Å². The monoisotopic (exact) mass is 578 g/mol. The molecule has 2 aliphatic rings. The molecule has 3 N–H and O–H groups in total. The third-order valence-electron chi connectivity index (χ3n) is 8.07. The lowest BCUT2D eigenvalue weighted by Gasteiger charge is -2.32. The maximum atomic E-state index is 13.6. The molecule has 2 unspecified atom stereocenters. The van der Waals surface area contributed by atoms with Crippen molar-refractivity contribution in [3.05, 3.63) is 65.2 Å². The molecule has 4 amide bonds. The maximum Gasteiger partial charge on any atom is 0.337 e. The zero-order valence-electron chi connectivity index (χ0n) is 24.5. The second-order valence-corrected chi connectivity index (χ2v) is 11.1. The Kier molecular flexibility index (Phi) is 10.9. The number of anilines is 1. The zero-order valence-corrected chi connectivity index (χ0v) is 24.5. The molecule has 0 spiro atoms. The molecule has 0 aromatic heterocycles. The fourth-order valence-electron chi connectivity index (χ4n) is 5.68. The Labute approximate surface area is 247 Å². The lowest BCUT2D eigenvalue weighted by molar-refractivity contribution is -0.117. The van der Waals surface area contributed by atoms with Gasteiger partial charge in [-0.2, -0.15) is 0 Å². The predicted octanol–water partition coefficient (Wildman–Crippen LogP) is 3.67. The number of esters is 1. The Morgan fingerprint density at radius 2 is 1.76 bits per heavy atom. The smallest absolute Gasteiger partial charge is 0.337 e. The number of nitrogens with one attached hydrogen (secondary N) is 2. The van der Waals surface area contributed by atoms with Crippen LogP contribution in [-0.2, 0) is 16.0 Å². The first-order valence-electron chi connectivity index (χ1n) is 14.9. The van der Waals surface area contributed by atoms with Crippen LogP contribution in [0.4, 0.5) is 10.5 Å². The molecule has 2 aromatic carbocycles. The molecule has 0 radical (unpaired) electrons. The number of ether oxygens (including phenoxy) is 1. The normalized spacial score (nSPS) is 16.9. The highest BCUT2D eigenvalue weighted by Crippen LogP contribution is 2.25. The van der Waals surface area contributed by atoms with Crippen LogP contribution < -0.4 is 15.5 Å². The molecule has 4 rings (SSSR count). The van der Waals surface area contributed by atoms with Crippen LogP contribution in [0.15, 0.2) is 48.5 Å². The third-order valence-corrected chi connectivity index (χ3v) is 8.07. The standard InChI is InChI=1S/C32H42N4O6/c1-3-35(32(41)33-25-13-8-5-9-14-25)21-28(37)27(17-22-11-6-4-7-12-22)34-30(39)23-18-24(31(40)42-2)20-26(19-23)36-16-10-15-29(36)38/h4,6-7,11-12,18-20,25,27-28,37H,3,5,8-10,13-17,21H2,1-2H3,(H,33,41)(H,34,39). The predicted molar refractivity (Wildman–Crippen MR) is 159 cm³/mol. The van der Waals surface area contributed by atoms with Crippen LogP contribution in [0.5, 0.6) is 0 Å². The van der Waals surface area contributed by atoms with E-state index >= 15 is 0 Å². The molecule has 10 nitrogen and oxygen atoms in total. The number of benzene rings is 2. The van der Waals surface area contributed by atoms with Crippen molar-refractivity contribution >= 4 is 29.5 Å². The Morgan fingerprint density at radius 1 is 1.05 bits per heavy atom. The highest BCUT2D eigenvalue weighted by molar-refractivity contribution is 6.02. The fraction of sp³-hybridized carbons (Fsp3) is 0.500. The topological polar surface area (TPSA) is 128 Å². The number of aliphatic hydroxyl groups is 1. The number of methoxy groups -OCH3 is 1. The van der Waals surface area contributed by atoms with E-state index in [9.17, 15) is 24.3 Å². The van der Waals surface area contributed by atoms with E-state index in [0.29, 0.717) is 38.0 Å². The van der Waals surface area contributed by atoms with Gasteiger partial charge in [-0.05, 0) is 56.4 Å². The van der Waals surface area contributed by atoms with Crippen LogP contribution in [0.2, 0.25) is 0 Å². The number of urea groups is 1. The Hall–Kier alpha value is -3.92. The van der Waals surface area contributed by atoms with Crippen molar-refractivity contribution in [1.82, 2.24) is 15.5 Å². The van der Waals surface area contributed by atoms with Crippen LogP contribution in [0.25, 0.3) is 0 Å². The fourth-order valence-corrected chi connectivity index (χ4v) is 5.68. The van der Waals surface area contributed by atoms with E-state index in [0.717, 1.165) is 31.2 Å². The van der Waals surface area contributed by atoms with Gasteiger partial charge in [0.25, 0.3) is 5.91 Å². The van der Waals surface area contributed by atoms with Gasteiger partial charge in [-0.15, -0.1) is 0 Å². The summed E-state index contributed by atoms with van der Waals surface area (Å²) in [5, 5.41) is 17.4. The Balaban J connectivity index is 1.55. The summed E-state index contributed by atoms with van der Waals surface area (Å²) < 4.78 is 4.89. The average molecular weight is 579 g/mol. The van der Waals surface area contributed by atoms with Gasteiger partial charge in [-0.25, -0.2) is 9.59 Å². The first kappa shape index (κ1) is 31.0. The van der Waals surface area contributed by atoms with Gasteiger partial charge < -0.3 is 30.3 Å². The summed E-state index contributed by atoms with van der Waals surface area (Å²) in [5.74, 6) is -1.21. The summed E-state index contributed by atoms with van der Waals surface area (Å²) >= 11 is 0. The van der Waals surface area contributed by atoms with Crippen LogP contribution in [0.1, 0.15) is 78.1 Å². The van der Waals surface area contributed by atoms with Crippen molar-refractivity contribution in [2.24, 2.45) is 0 Å². The molecule has 42 heavy (non-hydrogen) atoms. The molecule has 226 valence electrons. The SMILES string of the molecule is CCN(CC(O)C(Cc1ccccc1)NC(=O)c1cc(C(=O)OC)cc(N2CCCC2=O)c1)C(=O)NC1CCCCC1. The summed E-state index contributed by atoms with van der Waals surface area (Å²) in [6.45, 7) is 2.78. The minimum Gasteiger partial charge on any atom is -0.465 e. The van der Waals surface area contributed by atoms with Gasteiger partial charge in [0.1, 0.15) is 0 Å². The van der Waals surface area contributed by atoms with Crippen LogP contribution in [0, 0.1) is 0 Å². The first-order valence-corrected chi connectivity index (χ1v) is 14.9. The highest BCUT2D eigenvalue weighted by Gasteiger charge is 2.29. The molecule has 1 saturated heterocycles. The van der Waals surface area contributed by atoms with Crippen molar-refractivity contribution in [2.75, 3.05) is 31.6 Å². The van der Waals surface area contributed by atoms with Crippen LogP contribution in [-0.4, -0.2) is 78.8 Å². The summed E-state index contributed by atoms with van der Waals surface area (Å²) in [6.07, 6.45) is 5.61. The second-order valence-electron chi connectivity index (χ2n) is 11.1. The third kappa shape index (κ3) is 8.09. The first-order chi connectivity index (χ1) is 20.3. The lowest BCUT2D eigenvalue weighted by atomic mass is 9.96. The molecule has 2 atom stereocenters. The minimum atomic E-state index is -1.07. The van der Waals surface area contributed by atoms with Crippen molar-refractivity contribution in [1.29, 1.82) is 0 Å². The molecule has 10 heteroatoms. The largest absolute Gasteiger partial charge is 0.465 e. The molecule has 1 saturated carbocycles. The van der Waals surface area contributed by atoms with E-state index in [1.54, 1.807) is 21.9 Å². The van der Waals surface area contributed by atoms with Crippen LogP contribution >= 0.6 is 0 Å². The number of aliphatic hydroxyl groups excluding tert-OH is 1. The molecule has 2 fully saturated rings.